The van der Waals surface area contributed by atoms with E-state index in [4.69, 9.17) is 4.74 Å². The molecule has 0 bridgehead atoms. The highest BCUT2D eigenvalue weighted by atomic mass is 32.2. The zero-order chi connectivity index (χ0) is 18.6. The largest absolute Gasteiger partial charge is 0.493 e. The Morgan fingerprint density at radius 2 is 1.96 bits per heavy atom. The summed E-state index contributed by atoms with van der Waals surface area (Å²) in [4.78, 5) is 11.0. The number of benzene rings is 1. The molecule has 1 amide bonds. The molecule has 1 aliphatic heterocycles. The van der Waals surface area contributed by atoms with Crippen molar-refractivity contribution in [2.45, 2.75) is 24.1 Å². The van der Waals surface area contributed by atoms with Crippen LogP contribution in [0, 0.1) is 5.92 Å². The monoisotopic (exact) mass is 396 g/mol. The summed E-state index contributed by atoms with van der Waals surface area (Å²) < 4.78 is 32.4. The second kappa shape index (κ2) is 8.11. The van der Waals surface area contributed by atoms with Crippen LogP contribution < -0.4 is 10.1 Å². The van der Waals surface area contributed by atoms with Gasteiger partial charge < -0.3 is 10.1 Å². The van der Waals surface area contributed by atoms with Gasteiger partial charge >= 0.3 is 0 Å². The third-order valence-corrected chi connectivity index (χ3v) is 7.14. The molecule has 1 fully saturated rings. The molecule has 3 rings (SSSR count). The van der Waals surface area contributed by atoms with E-state index in [0.29, 0.717) is 25.6 Å². The maximum absolute atomic E-state index is 12.7. The van der Waals surface area contributed by atoms with Crippen LogP contribution in [0.4, 0.5) is 5.13 Å². The number of para-hydroxylation sites is 1. The molecule has 8 nitrogen and oxygen atoms in total. The summed E-state index contributed by atoms with van der Waals surface area (Å²) in [5, 5.41) is 10.0. The lowest BCUT2D eigenvalue weighted by atomic mass is 9.99. The van der Waals surface area contributed by atoms with Crippen molar-refractivity contribution in [3.05, 3.63) is 30.3 Å². The van der Waals surface area contributed by atoms with Crippen LogP contribution in [0.2, 0.25) is 0 Å². The lowest BCUT2D eigenvalue weighted by molar-refractivity contribution is -0.114. The molecule has 1 saturated heterocycles. The minimum atomic E-state index is -3.68. The first kappa shape index (κ1) is 18.7. The van der Waals surface area contributed by atoms with Gasteiger partial charge in [0.2, 0.25) is 15.4 Å². The van der Waals surface area contributed by atoms with Crippen molar-refractivity contribution in [1.29, 1.82) is 0 Å². The number of carbonyl (C=O) groups excluding carboxylic acids is 1. The van der Waals surface area contributed by atoms with Gasteiger partial charge in [-0.1, -0.05) is 29.5 Å². The van der Waals surface area contributed by atoms with Gasteiger partial charge in [0.05, 0.1) is 6.61 Å². The standard InChI is InChI=1S/C16H20N4O4S2/c1-12(21)17-15-18-19-16(25-15)26(22,23)20-9-7-13(8-10-20)11-24-14-5-3-2-4-6-14/h2-6,13H,7-11H2,1H3,(H,17,18,21). The van der Waals surface area contributed by atoms with Gasteiger partial charge in [0.15, 0.2) is 0 Å². The summed E-state index contributed by atoms with van der Waals surface area (Å²) in [5.41, 5.74) is 0. The number of anilines is 1. The Balaban J connectivity index is 1.55. The van der Waals surface area contributed by atoms with Crippen LogP contribution in [0.5, 0.6) is 5.75 Å². The van der Waals surface area contributed by atoms with Crippen molar-refractivity contribution in [2.24, 2.45) is 5.92 Å². The van der Waals surface area contributed by atoms with Gasteiger partial charge in [-0.2, -0.15) is 4.31 Å². The molecule has 0 spiro atoms. The molecule has 0 unspecified atom stereocenters. The zero-order valence-corrected chi connectivity index (χ0v) is 15.9. The Labute approximate surface area is 156 Å². The number of nitrogens with zero attached hydrogens (tertiary/aromatic N) is 3. The van der Waals surface area contributed by atoms with Crippen molar-refractivity contribution < 1.29 is 17.9 Å². The van der Waals surface area contributed by atoms with E-state index < -0.39 is 10.0 Å². The Bertz CT molecular complexity index is 846. The Hall–Kier alpha value is -2.04. The molecule has 0 radical (unpaired) electrons. The van der Waals surface area contributed by atoms with E-state index in [2.05, 4.69) is 15.5 Å². The van der Waals surface area contributed by atoms with Crippen molar-refractivity contribution >= 4 is 32.4 Å². The number of rotatable bonds is 6. The van der Waals surface area contributed by atoms with Gasteiger partial charge in [0.25, 0.3) is 10.0 Å². The SMILES string of the molecule is CC(=O)Nc1nnc(S(=O)(=O)N2CCC(COc3ccccc3)CC2)s1. The van der Waals surface area contributed by atoms with Gasteiger partial charge in [-0.25, -0.2) is 8.42 Å². The van der Waals surface area contributed by atoms with Crippen LogP contribution >= 0.6 is 11.3 Å². The van der Waals surface area contributed by atoms with E-state index in [1.165, 1.54) is 11.2 Å². The molecule has 1 aromatic carbocycles. The van der Waals surface area contributed by atoms with E-state index in [1.54, 1.807) is 0 Å². The summed E-state index contributed by atoms with van der Waals surface area (Å²) >= 11 is 0.862. The van der Waals surface area contributed by atoms with Crippen LogP contribution in [-0.2, 0) is 14.8 Å². The Morgan fingerprint density at radius 3 is 2.62 bits per heavy atom. The molecule has 0 atom stereocenters. The number of sulfonamides is 1. The fraction of sp³-hybridized carbons (Fsp3) is 0.438. The molecule has 0 saturated carbocycles. The number of amides is 1. The van der Waals surface area contributed by atoms with Crippen LogP contribution in [0.25, 0.3) is 0 Å². The fourth-order valence-electron chi connectivity index (χ4n) is 2.67. The molecule has 2 aromatic rings. The highest BCUT2D eigenvalue weighted by Gasteiger charge is 2.32. The summed E-state index contributed by atoms with van der Waals surface area (Å²) in [6.07, 6.45) is 1.45. The van der Waals surface area contributed by atoms with E-state index in [0.717, 1.165) is 29.9 Å². The number of hydrogen-bond donors (Lipinski definition) is 1. The van der Waals surface area contributed by atoms with Gasteiger partial charge in [-0.15, -0.1) is 10.2 Å². The first-order valence-corrected chi connectivity index (χ1v) is 10.5. The third-order valence-electron chi connectivity index (χ3n) is 4.05. The Morgan fingerprint density at radius 1 is 1.27 bits per heavy atom. The van der Waals surface area contributed by atoms with Gasteiger partial charge in [0, 0.05) is 20.0 Å². The van der Waals surface area contributed by atoms with E-state index in [9.17, 15) is 13.2 Å². The topological polar surface area (TPSA) is 101 Å². The number of carbonyl (C=O) groups is 1. The predicted octanol–water partition coefficient (Wildman–Crippen LogP) is 1.98. The molecular formula is C16H20N4O4S2. The van der Waals surface area contributed by atoms with Crippen LogP contribution in [0.1, 0.15) is 19.8 Å². The smallest absolute Gasteiger partial charge is 0.272 e. The maximum Gasteiger partial charge on any atom is 0.272 e. The number of nitrogens with one attached hydrogen (secondary N) is 1. The normalized spacial score (nSPS) is 16.3. The van der Waals surface area contributed by atoms with Gasteiger partial charge in [-0.3, -0.25) is 4.79 Å². The molecule has 0 aliphatic carbocycles. The van der Waals surface area contributed by atoms with Crippen LogP contribution in [-0.4, -0.2) is 48.5 Å². The molecule has 1 aliphatic rings. The molecule has 140 valence electrons. The lowest BCUT2D eigenvalue weighted by Gasteiger charge is -2.30. The van der Waals surface area contributed by atoms with Gasteiger partial charge in [-0.05, 0) is 30.9 Å². The minimum absolute atomic E-state index is 0.0970. The quantitative estimate of drug-likeness (QED) is 0.749. The van der Waals surface area contributed by atoms with Gasteiger partial charge in [0.1, 0.15) is 5.75 Å². The third kappa shape index (κ3) is 4.57. The molecule has 10 heteroatoms. The molecule has 1 aromatic heterocycles. The number of ether oxygens (including phenoxy) is 1. The average Bonchev–Trinajstić information content (AvgIpc) is 3.10. The summed E-state index contributed by atoms with van der Waals surface area (Å²) in [5.74, 6) is 0.817. The van der Waals surface area contributed by atoms with Crippen molar-refractivity contribution in [2.75, 3.05) is 25.0 Å². The maximum atomic E-state index is 12.7. The number of hydrogen-bond acceptors (Lipinski definition) is 7. The summed E-state index contributed by atoms with van der Waals surface area (Å²) in [7, 11) is -3.68. The molecule has 2 heterocycles. The molecular weight excluding hydrogens is 376 g/mol. The number of aromatic nitrogens is 2. The van der Waals surface area contributed by atoms with E-state index >= 15 is 0 Å². The van der Waals surface area contributed by atoms with Crippen molar-refractivity contribution in [1.82, 2.24) is 14.5 Å². The highest BCUT2D eigenvalue weighted by Crippen LogP contribution is 2.27. The predicted molar refractivity (Wildman–Crippen MR) is 97.6 cm³/mol. The second-order valence-electron chi connectivity index (χ2n) is 6.03. The average molecular weight is 396 g/mol. The van der Waals surface area contributed by atoms with Crippen molar-refractivity contribution in [3.8, 4) is 5.75 Å². The first-order chi connectivity index (χ1) is 12.4. The van der Waals surface area contributed by atoms with E-state index in [-0.39, 0.29) is 15.4 Å². The lowest BCUT2D eigenvalue weighted by Crippen LogP contribution is -2.39. The molecule has 26 heavy (non-hydrogen) atoms. The van der Waals surface area contributed by atoms with Crippen molar-refractivity contribution in [3.63, 3.8) is 0 Å². The summed E-state index contributed by atoms with van der Waals surface area (Å²) in [6.45, 7) is 2.74. The highest BCUT2D eigenvalue weighted by molar-refractivity contribution is 7.91. The fourth-order valence-corrected chi connectivity index (χ4v) is 5.23. The number of piperidine rings is 1. The van der Waals surface area contributed by atoms with Crippen LogP contribution in [0.15, 0.2) is 34.7 Å². The van der Waals surface area contributed by atoms with Crippen LogP contribution in [0.3, 0.4) is 0 Å². The molecule has 1 N–H and O–H groups in total. The Kier molecular flexibility index (Phi) is 5.84. The van der Waals surface area contributed by atoms with E-state index in [1.807, 2.05) is 30.3 Å². The zero-order valence-electron chi connectivity index (χ0n) is 14.3. The second-order valence-corrected chi connectivity index (χ2v) is 9.11. The summed E-state index contributed by atoms with van der Waals surface area (Å²) in [6, 6.07) is 9.58. The first-order valence-electron chi connectivity index (χ1n) is 8.24. The minimum Gasteiger partial charge on any atom is -0.493 e.